The first-order valence-corrected chi connectivity index (χ1v) is 11.9. The van der Waals surface area contributed by atoms with Crippen LogP contribution in [0.3, 0.4) is 0 Å². The highest BCUT2D eigenvalue weighted by atomic mass is 35.5. The largest absolute Gasteiger partial charge is 0.494 e. The molecule has 0 aliphatic carbocycles. The predicted molar refractivity (Wildman–Crippen MR) is 134 cm³/mol. The first kappa shape index (κ1) is 23.8. The highest BCUT2D eigenvalue weighted by Crippen LogP contribution is 2.24. The maximum atomic E-state index is 13.0. The third-order valence-corrected chi connectivity index (χ3v) is 6.23. The molecule has 1 aromatic heterocycles. The molecule has 0 N–H and O–H groups in total. The van der Waals surface area contributed by atoms with E-state index in [0.29, 0.717) is 55.6 Å². The van der Waals surface area contributed by atoms with E-state index in [1.807, 2.05) is 52.3 Å². The van der Waals surface area contributed by atoms with Crippen molar-refractivity contribution in [1.29, 1.82) is 0 Å². The van der Waals surface area contributed by atoms with Crippen molar-refractivity contribution in [3.63, 3.8) is 0 Å². The minimum Gasteiger partial charge on any atom is -0.494 e. The van der Waals surface area contributed by atoms with Gasteiger partial charge >= 0.3 is 0 Å². The molecule has 2 aromatic carbocycles. The Hall–Kier alpha value is -3.32. The number of carbonyl (C=O) groups excluding carboxylic acids is 1. The van der Waals surface area contributed by atoms with Crippen molar-refractivity contribution in [3.05, 3.63) is 81.7 Å². The van der Waals surface area contributed by atoms with Crippen molar-refractivity contribution in [2.75, 3.05) is 37.7 Å². The average Bonchev–Trinajstić information content (AvgIpc) is 2.86. The van der Waals surface area contributed by atoms with Crippen molar-refractivity contribution in [1.82, 2.24) is 14.7 Å². The summed E-state index contributed by atoms with van der Waals surface area (Å²) in [6, 6.07) is 16.5. The predicted octanol–water partition coefficient (Wildman–Crippen LogP) is 4.27. The second kappa shape index (κ2) is 10.7. The second-order valence-corrected chi connectivity index (χ2v) is 9.11. The Morgan fingerprint density at radius 3 is 2.35 bits per heavy atom. The summed E-state index contributed by atoms with van der Waals surface area (Å²) >= 11 is 6.44. The van der Waals surface area contributed by atoms with Crippen LogP contribution in [0.2, 0.25) is 5.02 Å². The maximum absolute atomic E-state index is 13.0. The maximum Gasteiger partial charge on any atom is 0.292 e. The van der Waals surface area contributed by atoms with E-state index in [1.165, 1.54) is 4.68 Å². The average molecular weight is 481 g/mol. The first-order valence-electron chi connectivity index (χ1n) is 11.5. The SMILES string of the molecule is CC(C)CCOc1ccc(C(=O)N2CCN(c3cnn(-c4ccccc4)c(=O)c3Cl)CC2)cc1. The van der Waals surface area contributed by atoms with Crippen molar-refractivity contribution in [3.8, 4) is 11.4 Å². The number of rotatable bonds is 7. The van der Waals surface area contributed by atoms with Crippen LogP contribution in [-0.4, -0.2) is 53.4 Å². The van der Waals surface area contributed by atoms with Crippen LogP contribution < -0.4 is 15.2 Å². The number of carbonyl (C=O) groups is 1. The molecule has 0 spiro atoms. The zero-order valence-electron chi connectivity index (χ0n) is 19.5. The number of hydrogen-bond acceptors (Lipinski definition) is 5. The van der Waals surface area contributed by atoms with E-state index in [4.69, 9.17) is 16.3 Å². The van der Waals surface area contributed by atoms with E-state index >= 15 is 0 Å². The highest BCUT2D eigenvalue weighted by molar-refractivity contribution is 6.33. The van der Waals surface area contributed by atoms with Crippen LogP contribution in [0, 0.1) is 5.92 Å². The molecule has 3 aromatic rings. The molecule has 1 aliphatic heterocycles. The van der Waals surface area contributed by atoms with E-state index in [0.717, 1.165) is 12.2 Å². The van der Waals surface area contributed by atoms with Gasteiger partial charge in [-0.15, -0.1) is 0 Å². The van der Waals surface area contributed by atoms with Crippen LogP contribution in [0.4, 0.5) is 5.69 Å². The normalized spacial score (nSPS) is 13.9. The highest BCUT2D eigenvalue weighted by Gasteiger charge is 2.25. The lowest BCUT2D eigenvalue weighted by atomic mass is 10.1. The van der Waals surface area contributed by atoms with Gasteiger partial charge < -0.3 is 14.5 Å². The zero-order valence-corrected chi connectivity index (χ0v) is 20.2. The fourth-order valence-corrected chi connectivity index (χ4v) is 4.09. The fraction of sp³-hybridized carbons (Fsp3) is 0.346. The standard InChI is InChI=1S/C26H29ClN4O3/c1-19(2)12-17-34-22-10-8-20(9-11-22)25(32)30-15-13-29(14-16-30)23-18-28-31(26(33)24(23)27)21-6-4-3-5-7-21/h3-11,18-19H,12-17H2,1-2H3. The van der Waals surface area contributed by atoms with Crippen LogP contribution in [0.1, 0.15) is 30.6 Å². The summed E-state index contributed by atoms with van der Waals surface area (Å²) in [5.74, 6) is 1.34. The van der Waals surface area contributed by atoms with Crippen molar-refractivity contribution in [2.45, 2.75) is 20.3 Å². The minimum absolute atomic E-state index is 0.0166. The van der Waals surface area contributed by atoms with Gasteiger partial charge in [-0.1, -0.05) is 43.6 Å². The summed E-state index contributed by atoms with van der Waals surface area (Å²) in [7, 11) is 0. The van der Waals surface area contributed by atoms with E-state index in [9.17, 15) is 9.59 Å². The summed E-state index contributed by atoms with van der Waals surface area (Å²) < 4.78 is 7.03. The summed E-state index contributed by atoms with van der Waals surface area (Å²) in [6.07, 6.45) is 2.61. The van der Waals surface area contributed by atoms with Crippen molar-refractivity contribution < 1.29 is 9.53 Å². The van der Waals surface area contributed by atoms with Gasteiger partial charge in [0.25, 0.3) is 11.5 Å². The van der Waals surface area contributed by atoms with Crippen LogP contribution in [-0.2, 0) is 0 Å². The molecule has 0 radical (unpaired) electrons. The minimum atomic E-state index is -0.362. The molecular weight excluding hydrogens is 452 g/mol. The van der Waals surface area contributed by atoms with E-state index < -0.39 is 0 Å². The molecule has 8 heteroatoms. The molecule has 2 heterocycles. The first-order chi connectivity index (χ1) is 16.4. The van der Waals surface area contributed by atoms with Gasteiger partial charge in [-0.2, -0.15) is 9.78 Å². The summed E-state index contributed by atoms with van der Waals surface area (Å²) in [6.45, 7) is 7.19. The van der Waals surface area contributed by atoms with Gasteiger partial charge in [0.2, 0.25) is 0 Å². The fourth-order valence-electron chi connectivity index (χ4n) is 3.84. The summed E-state index contributed by atoms with van der Waals surface area (Å²) in [5, 5.41) is 4.44. The van der Waals surface area contributed by atoms with Crippen LogP contribution in [0.15, 0.2) is 65.6 Å². The van der Waals surface area contributed by atoms with Crippen molar-refractivity contribution in [2.24, 2.45) is 5.92 Å². The lowest BCUT2D eigenvalue weighted by molar-refractivity contribution is 0.0746. The van der Waals surface area contributed by atoms with Gasteiger partial charge in [0.15, 0.2) is 0 Å². The quantitative estimate of drug-likeness (QED) is 0.505. The monoisotopic (exact) mass is 480 g/mol. The number of piperazine rings is 1. The number of nitrogens with zero attached hydrogens (tertiary/aromatic N) is 4. The van der Waals surface area contributed by atoms with Gasteiger partial charge in [-0.3, -0.25) is 9.59 Å². The Labute approximate surface area is 204 Å². The Bertz CT molecular complexity index is 1170. The molecule has 1 aliphatic rings. The molecule has 1 amide bonds. The topological polar surface area (TPSA) is 67.7 Å². The molecule has 34 heavy (non-hydrogen) atoms. The number of hydrogen-bond donors (Lipinski definition) is 0. The van der Waals surface area contributed by atoms with Gasteiger partial charge in [0.05, 0.1) is 24.2 Å². The molecule has 1 fully saturated rings. The Kier molecular flexibility index (Phi) is 7.53. The van der Waals surface area contributed by atoms with E-state index in [2.05, 4.69) is 18.9 Å². The number of halogens is 1. The lowest BCUT2D eigenvalue weighted by Gasteiger charge is -2.36. The molecule has 0 unspecified atom stereocenters. The molecule has 0 bridgehead atoms. The molecule has 4 rings (SSSR count). The van der Waals surface area contributed by atoms with Gasteiger partial charge in [-0.05, 0) is 48.7 Å². The number of ether oxygens (including phenoxy) is 1. The number of aromatic nitrogens is 2. The van der Waals surface area contributed by atoms with Gasteiger partial charge in [0, 0.05) is 31.7 Å². The number of benzene rings is 2. The molecular formula is C26H29ClN4O3. The van der Waals surface area contributed by atoms with Crippen molar-refractivity contribution >= 4 is 23.2 Å². The molecule has 178 valence electrons. The van der Waals surface area contributed by atoms with Crippen LogP contribution >= 0.6 is 11.6 Å². The molecule has 0 saturated carbocycles. The number of amides is 1. The molecule has 7 nitrogen and oxygen atoms in total. The van der Waals surface area contributed by atoms with Gasteiger partial charge in [0.1, 0.15) is 10.8 Å². The van der Waals surface area contributed by atoms with Gasteiger partial charge in [-0.25, -0.2) is 0 Å². The van der Waals surface area contributed by atoms with Crippen LogP contribution in [0.5, 0.6) is 5.75 Å². The zero-order chi connectivity index (χ0) is 24.1. The third-order valence-electron chi connectivity index (χ3n) is 5.87. The smallest absolute Gasteiger partial charge is 0.292 e. The van der Waals surface area contributed by atoms with Crippen LogP contribution in [0.25, 0.3) is 5.69 Å². The summed E-state index contributed by atoms with van der Waals surface area (Å²) in [5.41, 5.74) is 1.52. The second-order valence-electron chi connectivity index (χ2n) is 8.73. The summed E-state index contributed by atoms with van der Waals surface area (Å²) in [4.78, 5) is 29.6. The Morgan fingerprint density at radius 1 is 1.03 bits per heavy atom. The Balaban J connectivity index is 1.37. The third kappa shape index (κ3) is 5.42. The van der Waals surface area contributed by atoms with E-state index in [1.54, 1.807) is 18.3 Å². The lowest BCUT2D eigenvalue weighted by Crippen LogP contribution is -2.49. The Morgan fingerprint density at radius 2 is 1.71 bits per heavy atom. The molecule has 0 atom stereocenters. The number of para-hydroxylation sites is 1. The number of anilines is 1. The van der Waals surface area contributed by atoms with E-state index in [-0.39, 0.29) is 16.5 Å². The molecule has 1 saturated heterocycles.